The van der Waals surface area contributed by atoms with Crippen molar-refractivity contribution in [1.82, 2.24) is 14.7 Å². The number of rotatable bonds is 4. The molecule has 1 aromatic rings. The number of benzene rings is 1. The molecule has 9 heteroatoms. The summed E-state index contributed by atoms with van der Waals surface area (Å²) in [6.45, 7) is 4.12. The topological polar surface area (TPSA) is 68.5 Å². The summed E-state index contributed by atoms with van der Waals surface area (Å²) in [5.74, 6) is 1.03. The van der Waals surface area contributed by atoms with E-state index in [1.165, 1.54) is 11.9 Å². The molecule has 0 aromatic heterocycles. The molecule has 2 fully saturated rings. The molecule has 28 heavy (non-hydrogen) atoms. The molecule has 3 heterocycles. The number of hydrogen-bond donors (Lipinski definition) is 0. The Bertz CT molecular complexity index is 861. The van der Waals surface area contributed by atoms with E-state index in [0.29, 0.717) is 37.2 Å². The normalized spacial score (nSPS) is 23.4. The summed E-state index contributed by atoms with van der Waals surface area (Å²) < 4.78 is 7.42. The molecule has 3 amide bonds. The molecule has 8 nitrogen and oxygen atoms in total. The zero-order valence-electron chi connectivity index (χ0n) is 16.0. The van der Waals surface area contributed by atoms with Crippen molar-refractivity contribution in [2.24, 2.45) is 4.99 Å². The minimum Gasteiger partial charge on any atom is -0.379 e. The fraction of sp³-hybridized carbons (Fsp3) is 0.474. The van der Waals surface area contributed by atoms with Gasteiger partial charge in [-0.1, -0.05) is 23.7 Å². The lowest BCUT2D eigenvalue weighted by atomic mass is 10.1. The van der Waals surface area contributed by atoms with Crippen molar-refractivity contribution in [3.8, 4) is 0 Å². The van der Waals surface area contributed by atoms with Crippen LogP contribution in [0.3, 0.4) is 0 Å². The highest BCUT2D eigenvalue weighted by Crippen LogP contribution is 2.21. The lowest BCUT2D eigenvalue weighted by molar-refractivity contribution is -0.552. The Hall–Kier alpha value is -2.29. The van der Waals surface area contributed by atoms with Crippen LogP contribution < -0.4 is 0 Å². The van der Waals surface area contributed by atoms with E-state index < -0.39 is 6.04 Å². The molecule has 1 unspecified atom stereocenters. The third-order valence-corrected chi connectivity index (χ3v) is 5.60. The van der Waals surface area contributed by atoms with Crippen LogP contribution in [0.4, 0.5) is 4.79 Å². The number of amides is 3. The molecule has 0 radical (unpaired) electrons. The molecule has 4 rings (SSSR count). The molecule has 148 valence electrons. The Morgan fingerprint density at radius 2 is 1.82 bits per heavy atom. The van der Waals surface area contributed by atoms with E-state index in [4.69, 9.17) is 21.3 Å². The fourth-order valence-electron chi connectivity index (χ4n) is 3.70. The van der Waals surface area contributed by atoms with Gasteiger partial charge in [-0.15, -0.1) is 0 Å². The fourth-order valence-corrected chi connectivity index (χ4v) is 3.83. The number of fused-ring (bicyclic) bond motifs is 1. The SMILES string of the molecule is CN1C(=O)C2C(=NC(CN3CCOCC3)=[N+]2Cc2ccc(Cl)cc2)N(C)C1=O. The zero-order valence-corrected chi connectivity index (χ0v) is 16.7. The van der Waals surface area contributed by atoms with Crippen LogP contribution in [0.25, 0.3) is 0 Å². The van der Waals surface area contributed by atoms with Crippen LogP contribution in [-0.2, 0) is 16.1 Å². The van der Waals surface area contributed by atoms with E-state index in [0.717, 1.165) is 29.4 Å². The second-order valence-electron chi connectivity index (χ2n) is 7.17. The standard InChI is InChI=1S/C19H23ClN5O3/c1-22-17-16(18(26)23(2)19(22)27)25(11-13-3-5-14(20)6-4-13)15(21-17)12-24-7-9-28-10-8-24/h3-6,16H,7-12H2,1-2H3/q+1. The highest BCUT2D eigenvalue weighted by molar-refractivity contribution is 6.30. The third kappa shape index (κ3) is 3.43. The van der Waals surface area contributed by atoms with E-state index in [1.807, 2.05) is 28.8 Å². The van der Waals surface area contributed by atoms with Gasteiger partial charge in [0.1, 0.15) is 13.1 Å². The number of aliphatic imine (C=N–C) groups is 1. The smallest absolute Gasteiger partial charge is 0.333 e. The maximum Gasteiger partial charge on any atom is 0.333 e. The summed E-state index contributed by atoms with van der Waals surface area (Å²) >= 11 is 6.01. The Labute approximate surface area is 168 Å². The number of urea groups is 1. The van der Waals surface area contributed by atoms with Crippen molar-refractivity contribution in [3.63, 3.8) is 0 Å². The van der Waals surface area contributed by atoms with Gasteiger partial charge in [0.2, 0.25) is 0 Å². The number of hydrogen-bond acceptors (Lipinski definition) is 5. The first-order chi connectivity index (χ1) is 13.5. The number of nitrogens with zero attached hydrogens (tertiary/aromatic N) is 5. The quantitative estimate of drug-likeness (QED) is 0.699. The highest BCUT2D eigenvalue weighted by atomic mass is 35.5. The average molecular weight is 405 g/mol. The van der Waals surface area contributed by atoms with E-state index >= 15 is 0 Å². The molecular formula is C19H23ClN5O3+. The van der Waals surface area contributed by atoms with Crippen molar-refractivity contribution in [1.29, 1.82) is 0 Å². The maximum atomic E-state index is 12.9. The predicted octanol–water partition coefficient (Wildman–Crippen LogP) is 0.888. The second-order valence-corrected chi connectivity index (χ2v) is 7.61. The molecule has 1 aromatic carbocycles. The number of halogens is 1. The van der Waals surface area contributed by atoms with Crippen LogP contribution in [0, 0.1) is 0 Å². The van der Waals surface area contributed by atoms with Gasteiger partial charge in [0.05, 0.1) is 13.2 Å². The first kappa shape index (κ1) is 19.0. The van der Waals surface area contributed by atoms with Crippen LogP contribution in [0.15, 0.2) is 29.3 Å². The third-order valence-electron chi connectivity index (χ3n) is 5.35. The molecule has 0 N–H and O–H groups in total. The lowest BCUT2D eigenvalue weighted by Gasteiger charge is -2.30. The first-order valence-electron chi connectivity index (χ1n) is 9.26. The molecule has 3 aliphatic rings. The minimum atomic E-state index is -0.598. The van der Waals surface area contributed by atoms with E-state index in [2.05, 4.69) is 4.90 Å². The number of morpholine rings is 1. The monoisotopic (exact) mass is 404 g/mol. The van der Waals surface area contributed by atoms with Gasteiger partial charge in [-0.05, 0) is 22.7 Å². The number of amidine groups is 2. The number of imide groups is 1. The van der Waals surface area contributed by atoms with Crippen LogP contribution in [-0.4, -0.2) is 95.9 Å². The molecular weight excluding hydrogens is 382 g/mol. The highest BCUT2D eigenvalue weighted by Gasteiger charge is 2.53. The summed E-state index contributed by atoms with van der Waals surface area (Å²) in [7, 11) is 3.17. The van der Waals surface area contributed by atoms with Crippen molar-refractivity contribution < 1.29 is 18.9 Å². The van der Waals surface area contributed by atoms with E-state index in [-0.39, 0.29) is 11.9 Å². The molecule has 1 atom stereocenters. The first-order valence-corrected chi connectivity index (χ1v) is 9.64. The molecule has 0 bridgehead atoms. The number of likely N-dealkylation sites (N-methyl/N-ethyl adjacent to an activating group) is 2. The van der Waals surface area contributed by atoms with Gasteiger partial charge in [-0.3, -0.25) is 19.5 Å². The lowest BCUT2D eigenvalue weighted by Crippen LogP contribution is -2.61. The van der Waals surface area contributed by atoms with Crippen molar-refractivity contribution in [2.75, 3.05) is 46.9 Å². The summed E-state index contributed by atoms with van der Waals surface area (Å²) in [5, 5.41) is 0.665. The summed E-state index contributed by atoms with van der Waals surface area (Å²) in [6, 6.07) is 6.59. The molecule has 0 spiro atoms. The average Bonchev–Trinajstić information content (AvgIpc) is 3.05. The maximum absolute atomic E-state index is 12.9. The second kappa shape index (κ2) is 7.62. The molecule has 2 saturated heterocycles. The Balaban J connectivity index is 1.69. The molecule has 0 saturated carbocycles. The Morgan fingerprint density at radius 1 is 1.14 bits per heavy atom. The van der Waals surface area contributed by atoms with Gasteiger partial charge in [0.15, 0.2) is 0 Å². The zero-order chi connectivity index (χ0) is 19.8. The van der Waals surface area contributed by atoms with Gasteiger partial charge < -0.3 is 4.74 Å². The summed E-state index contributed by atoms with van der Waals surface area (Å²) in [4.78, 5) is 34.9. The number of carbonyl (C=O) groups is 2. The Kier molecular flexibility index (Phi) is 5.18. The van der Waals surface area contributed by atoms with Gasteiger partial charge in [0, 0.05) is 32.2 Å². The van der Waals surface area contributed by atoms with Crippen LogP contribution in [0.1, 0.15) is 5.56 Å². The van der Waals surface area contributed by atoms with Crippen molar-refractivity contribution in [2.45, 2.75) is 12.6 Å². The summed E-state index contributed by atoms with van der Waals surface area (Å²) in [5.41, 5.74) is 1.02. The number of ether oxygens (including phenoxy) is 1. The largest absolute Gasteiger partial charge is 0.379 e. The van der Waals surface area contributed by atoms with Crippen molar-refractivity contribution in [3.05, 3.63) is 34.9 Å². The molecule has 3 aliphatic heterocycles. The minimum absolute atomic E-state index is 0.257. The van der Waals surface area contributed by atoms with Crippen LogP contribution in [0.2, 0.25) is 5.02 Å². The van der Waals surface area contributed by atoms with E-state index in [9.17, 15) is 9.59 Å². The van der Waals surface area contributed by atoms with Gasteiger partial charge in [-0.25, -0.2) is 9.37 Å². The number of carbonyl (C=O) groups excluding carboxylic acids is 2. The van der Waals surface area contributed by atoms with Crippen LogP contribution >= 0.6 is 11.6 Å². The van der Waals surface area contributed by atoms with Crippen molar-refractivity contribution >= 4 is 35.2 Å². The van der Waals surface area contributed by atoms with Crippen LogP contribution in [0.5, 0.6) is 0 Å². The summed E-state index contributed by atoms with van der Waals surface area (Å²) in [6.07, 6.45) is 0. The van der Waals surface area contributed by atoms with E-state index in [1.54, 1.807) is 7.05 Å². The predicted molar refractivity (Wildman–Crippen MR) is 105 cm³/mol. The molecule has 0 aliphatic carbocycles. The Morgan fingerprint density at radius 3 is 2.50 bits per heavy atom. The van der Waals surface area contributed by atoms with Gasteiger partial charge in [-0.2, -0.15) is 0 Å². The van der Waals surface area contributed by atoms with Gasteiger partial charge >= 0.3 is 11.9 Å². The van der Waals surface area contributed by atoms with Gasteiger partial charge in [0.25, 0.3) is 17.8 Å².